The summed E-state index contributed by atoms with van der Waals surface area (Å²) in [6.07, 6.45) is 1.85. The van der Waals surface area contributed by atoms with Gasteiger partial charge in [0.2, 0.25) is 0 Å². The number of rotatable bonds is 3. The molecule has 0 atom stereocenters. The van der Waals surface area contributed by atoms with Crippen LogP contribution in [0, 0.1) is 13.8 Å². The highest BCUT2D eigenvalue weighted by molar-refractivity contribution is 9.10. The molecule has 3 nitrogen and oxygen atoms in total. The molecule has 2 aromatic rings. The van der Waals surface area contributed by atoms with Gasteiger partial charge in [0.05, 0.1) is 6.20 Å². The average molecular weight is 280 g/mol. The molecule has 0 radical (unpaired) electrons. The fourth-order valence-electron chi connectivity index (χ4n) is 1.52. The Bertz CT molecular complexity index is 491. The van der Waals surface area contributed by atoms with Crippen molar-refractivity contribution in [2.24, 2.45) is 0 Å². The molecule has 1 aromatic heterocycles. The van der Waals surface area contributed by atoms with Gasteiger partial charge in [0, 0.05) is 28.0 Å². The molecule has 16 heavy (non-hydrogen) atoms. The molecule has 1 heterocycles. The Balaban J connectivity index is 2.10. The number of aryl methyl sites for hydroxylation is 2. The zero-order valence-electron chi connectivity index (χ0n) is 9.34. The van der Waals surface area contributed by atoms with E-state index in [4.69, 9.17) is 0 Å². The second-order valence-electron chi connectivity index (χ2n) is 3.86. The minimum atomic E-state index is 0.782. The Hall–Kier alpha value is -1.29. The number of H-pyrrole nitrogens is 1. The molecule has 0 unspecified atom stereocenters. The summed E-state index contributed by atoms with van der Waals surface area (Å²) in [7, 11) is 0. The molecule has 0 bridgehead atoms. The normalized spacial score (nSPS) is 10.4. The SMILES string of the molecule is Cc1ccc(Br)c(NCc2cn[nH]c2C)c1. The van der Waals surface area contributed by atoms with Gasteiger partial charge in [-0.05, 0) is 47.5 Å². The minimum absolute atomic E-state index is 0.782. The van der Waals surface area contributed by atoms with Crippen LogP contribution in [-0.4, -0.2) is 10.2 Å². The lowest BCUT2D eigenvalue weighted by Gasteiger charge is -2.08. The van der Waals surface area contributed by atoms with E-state index in [0.29, 0.717) is 0 Å². The van der Waals surface area contributed by atoms with Crippen LogP contribution in [0.2, 0.25) is 0 Å². The summed E-state index contributed by atoms with van der Waals surface area (Å²) in [5, 5.41) is 10.3. The third-order valence-electron chi connectivity index (χ3n) is 2.53. The molecule has 1 aromatic carbocycles. The maximum atomic E-state index is 4.00. The second-order valence-corrected chi connectivity index (χ2v) is 4.71. The van der Waals surface area contributed by atoms with Crippen molar-refractivity contribution in [2.45, 2.75) is 20.4 Å². The van der Waals surface area contributed by atoms with Crippen molar-refractivity contribution in [3.8, 4) is 0 Å². The monoisotopic (exact) mass is 279 g/mol. The number of hydrogen-bond donors (Lipinski definition) is 2. The first-order valence-electron chi connectivity index (χ1n) is 5.15. The van der Waals surface area contributed by atoms with E-state index in [1.807, 2.05) is 13.1 Å². The highest BCUT2D eigenvalue weighted by Gasteiger charge is 2.02. The molecule has 0 aliphatic heterocycles. The third kappa shape index (κ3) is 2.44. The Morgan fingerprint density at radius 2 is 2.19 bits per heavy atom. The number of benzene rings is 1. The van der Waals surface area contributed by atoms with Gasteiger partial charge in [-0.2, -0.15) is 5.10 Å². The fourth-order valence-corrected chi connectivity index (χ4v) is 1.91. The van der Waals surface area contributed by atoms with E-state index in [1.54, 1.807) is 0 Å². The van der Waals surface area contributed by atoms with E-state index in [-0.39, 0.29) is 0 Å². The molecule has 0 aliphatic rings. The van der Waals surface area contributed by atoms with Gasteiger partial charge in [-0.1, -0.05) is 6.07 Å². The van der Waals surface area contributed by atoms with E-state index in [0.717, 1.165) is 22.4 Å². The van der Waals surface area contributed by atoms with Crippen molar-refractivity contribution in [3.63, 3.8) is 0 Å². The molecular formula is C12H14BrN3. The van der Waals surface area contributed by atoms with Crippen molar-refractivity contribution in [2.75, 3.05) is 5.32 Å². The maximum Gasteiger partial charge on any atom is 0.0539 e. The van der Waals surface area contributed by atoms with Crippen molar-refractivity contribution in [1.29, 1.82) is 0 Å². The van der Waals surface area contributed by atoms with Gasteiger partial charge in [0.25, 0.3) is 0 Å². The topological polar surface area (TPSA) is 40.7 Å². The van der Waals surface area contributed by atoms with Gasteiger partial charge < -0.3 is 5.32 Å². The van der Waals surface area contributed by atoms with Gasteiger partial charge >= 0.3 is 0 Å². The number of halogens is 1. The van der Waals surface area contributed by atoms with Crippen LogP contribution in [-0.2, 0) is 6.54 Å². The first-order valence-corrected chi connectivity index (χ1v) is 5.95. The van der Waals surface area contributed by atoms with E-state index >= 15 is 0 Å². The molecule has 2 N–H and O–H groups in total. The average Bonchev–Trinajstić information content (AvgIpc) is 2.66. The quantitative estimate of drug-likeness (QED) is 0.904. The lowest BCUT2D eigenvalue weighted by Crippen LogP contribution is -2.00. The standard InChI is InChI=1S/C12H14BrN3/c1-8-3-4-11(13)12(5-8)14-6-10-7-15-16-9(10)2/h3-5,7,14H,6H2,1-2H3,(H,15,16). The van der Waals surface area contributed by atoms with Crippen LogP contribution < -0.4 is 5.32 Å². The molecule has 84 valence electrons. The summed E-state index contributed by atoms with van der Waals surface area (Å²) < 4.78 is 1.08. The van der Waals surface area contributed by atoms with Crippen LogP contribution in [0.25, 0.3) is 0 Å². The van der Waals surface area contributed by atoms with Crippen LogP contribution in [0.15, 0.2) is 28.9 Å². The number of aromatic amines is 1. The summed E-state index contributed by atoms with van der Waals surface area (Å²) in [6.45, 7) is 4.89. The third-order valence-corrected chi connectivity index (χ3v) is 3.22. The number of nitrogens with one attached hydrogen (secondary N) is 2. The summed E-state index contributed by atoms with van der Waals surface area (Å²) in [5.41, 5.74) is 4.65. The fraction of sp³-hybridized carbons (Fsp3) is 0.250. The zero-order chi connectivity index (χ0) is 11.5. The number of nitrogens with zero attached hydrogens (tertiary/aromatic N) is 1. The number of anilines is 1. The van der Waals surface area contributed by atoms with E-state index in [2.05, 4.69) is 56.6 Å². The lowest BCUT2D eigenvalue weighted by atomic mass is 10.2. The van der Waals surface area contributed by atoms with E-state index < -0.39 is 0 Å². The molecule has 2 rings (SSSR count). The molecule has 0 spiro atoms. The highest BCUT2D eigenvalue weighted by Crippen LogP contribution is 2.24. The highest BCUT2D eigenvalue weighted by atomic mass is 79.9. The van der Waals surface area contributed by atoms with Gasteiger partial charge in [0.15, 0.2) is 0 Å². The Morgan fingerprint density at radius 3 is 2.88 bits per heavy atom. The summed E-state index contributed by atoms with van der Waals surface area (Å²) in [6, 6.07) is 6.26. The summed E-state index contributed by atoms with van der Waals surface area (Å²) >= 11 is 3.53. The van der Waals surface area contributed by atoms with E-state index in [1.165, 1.54) is 11.1 Å². The summed E-state index contributed by atoms with van der Waals surface area (Å²) in [5.74, 6) is 0. The first kappa shape index (κ1) is 11.2. The lowest BCUT2D eigenvalue weighted by molar-refractivity contribution is 1.04. The van der Waals surface area contributed by atoms with Gasteiger partial charge in [-0.3, -0.25) is 5.10 Å². The zero-order valence-corrected chi connectivity index (χ0v) is 10.9. The second kappa shape index (κ2) is 4.70. The molecule has 0 saturated carbocycles. The molecule has 0 aliphatic carbocycles. The van der Waals surface area contributed by atoms with Gasteiger partial charge in [-0.15, -0.1) is 0 Å². The van der Waals surface area contributed by atoms with Crippen molar-refractivity contribution < 1.29 is 0 Å². The first-order chi connectivity index (χ1) is 7.66. The smallest absolute Gasteiger partial charge is 0.0539 e. The van der Waals surface area contributed by atoms with Crippen LogP contribution in [0.1, 0.15) is 16.8 Å². The van der Waals surface area contributed by atoms with Gasteiger partial charge in [0.1, 0.15) is 0 Å². The minimum Gasteiger partial charge on any atom is -0.380 e. The summed E-state index contributed by atoms with van der Waals surface area (Å²) in [4.78, 5) is 0. The van der Waals surface area contributed by atoms with Gasteiger partial charge in [-0.25, -0.2) is 0 Å². The van der Waals surface area contributed by atoms with Crippen molar-refractivity contribution >= 4 is 21.6 Å². The van der Waals surface area contributed by atoms with Crippen LogP contribution in [0.4, 0.5) is 5.69 Å². The molecule has 4 heteroatoms. The molecule has 0 saturated heterocycles. The largest absolute Gasteiger partial charge is 0.380 e. The van der Waals surface area contributed by atoms with E-state index in [9.17, 15) is 0 Å². The Labute approximate surface area is 103 Å². The molecule has 0 fully saturated rings. The van der Waals surface area contributed by atoms with Crippen LogP contribution in [0.3, 0.4) is 0 Å². The van der Waals surface area contributed by atoms with Crippen LogP contribution >= 0.6 is 15.9 Å². The predicted octanol–water partition coefficient (Wildman–Crippen LogP) is 3.40. The Morgan fingerprint density at radius 1 is 1.38 bits per heavy atom. The number of hydrogen-bond acceptors (Lipinski definition) is 2. The maximum absolute atomic E-state index is 4.00. The van der Waals surface area contributed by atoms with Crippen LogP contribution in [0.5, 0.6) is 0 Å². The Kier molecular flexibility index (Phi) is 3.29. The van der Waals surface area contributed by atoms with Crippen molar-refractivity contribution in [3.05, 3.63) is 45.7 Å². The number of aromatic nitrogens is 2. The predicted molar refractivity (Wildman–Crippen MR) is 69.5 cm³/mol. The molecular weight excluding hydrogens is 266 g/mol. The molecule has 0 amide bonds. The van der Waals surface area contributed by atoms with Crippen molar-refractivity contribution in [1.82, 2.24) is 10.2 Å².